The highest BCUT2D eigenvalue weighted by atomic mass is 16.5. The number of carbonyl (C=O) groups excluding carboxylic acids is 1. The molecule has 2 aliphatic heterocycles. The quantitative estimate of drug-likeness (QED) is 0.810. The normalized spacial score (nSPS) is 23.1. The summed E-state index contributed by atoms with van der Waals surface area (Å²) in [6.45, 7) is 8.60. The summed E-state index contributed by atoms with van der Waals surface area (Å²) in [5, 5.41) is 0. The predicted molar refractivity (Wildman–Crippen MR) is 104 cm³/mol. The van der Waals surface area contributed by atoms with E-state index in [1.807, 2.05) is 0 Å². The summed E-state index contributed by atoms with van der Waals surface area (Å²) in [7, 11) is 0. The van der Waals surface area contributed by atoms with Crippen LogP contribution in [0.3, 0.4) is 0 Å². The lowest BCUT2D eigenvalue weighted by atomic mass is 9.78. The zero-order valence-corrected chi connectivity index (χ0v) is 16.0. The summed E-state index contributed by atoms with van der Waals surface area (Å²) < 4.78 is 5.46. The van der Waals surface area contributed by atoms with E-state index in [1.54, 1.807) is 0 Å². The molecule has 2 saturated heterocycles. The Balaban J connectivity index is 1.55. The van der Waals surface area contributed by atoms with Crippen molar-refractivity contribution in [2.24, 2.45) is 17.1 Å². The molecule has 2 aliphatic rings. The third-order valence-corrected chi connectivity index (χ3v) is 6.06. The largest absolute Gasteiger partial charge is 0.381 e. The average Bonchev–Trinajstić information content (AvgIpc) is 3.13. The Morgan fingerprint density at radius 1 is 1.31 bits per heavy atom. The first-order valence-corrected chi connectivity index (χ1v) is 10.0. The number of rotatable bonds is 7. The number of likely N-dealkylation sites (tertiary alicyclic amines) is 1. The maximum atomic E-state index is 13.2. The number of nitrogens with zero attached hydrogens (tertiary/aromatic N) is 2. The van der Waals surface area contributed by atoms with Crippen molar-refractivity contribution in [1.29, 1.82) is 0 Å². The Bertz CT molecular complexity index is 572. The molecule has 0 aliphatic carbocycles. The Labute approximate surface area is 157 Å². The van der Waals surface area contributed by atoms with Crippen LogP contribution in [-0.4, -0.2) is 61.6 Å². The molecule has 2 fully saturated rings. The molecule has 0 aromatic heterocycles. The summed E-state index contributed by atoms with van der Waals surface area (Å²) in [5.74, 6) is 0.796. The highest BCUT2D eigenvalue weighted by Gasteiger charge is 2.41. The lowest BCUT2D eigenvalue weighted by molar-refractivity contribution is -0.147. The molecule has 1 aromatic rings. The Morgan fingerprint density at radius 3 is 2.69 bits per heavy atom. The van der Waals surface area contributed by atoms with E-state index in [0.717, 1.165) is 52.0 Å². The van der Waals surface area contributed by atoms with E-state index in [9.17, 15) is 4.79 Å². The van der Waals surface area contributed by atoms with Crippen LogP contribution in [0.25, 0.3) is 0 Å². The molecular weight excluding hydrogens is 326 g/mol. The lowest BCUT2D eigenvalue weighted by Gasteiger charge is -2.39. The van der Waals surface area contributed by atoms with Gasteiger partial charge in [-0.15, -0.1) is 0 Å². The lowest BCUT2D eigenvalue weighted by Crippen LogP contribution is -2.52. The molecule has 0 bridgehead atoms. The molecule has 1 unspecified atom stereocenters. The van der Waals surface area contributed by atoms with E-state index in [4.69, 9.17) is 10.5 Å². The van der Waals surface area contributed by atoms with Crippen molar-refractivity contribution in [3.05, 3.63) is 35.9 Å². The van der Waals surface area contributed by atoms with Crippen LogP contribution in [0.4, 0.5) is 0 Å². The highest BCUT2D eigenvalue weighted by Crippen LogP contribution is 2.32. The van der Waals surface area contributed by atoms with Crippen molar-refractivity contribution in [3.63, 3.8) is 0 Å². The zero-order valence-electron chi connectivity index (χ0n) is 16.0. The molecule has 5 nitrogen and oxygen atoms in total. The molecule has 1 atom stereocenters. The van der Waals surface area contributed by atoms with Crippen LogP contribution in [0.1, 0.15) is 31.7 Å². The first-order chi connectivity index (χ1) is 12.7. The van der Waals surface area contributed by atoms with Crippen LogP contribution in [0.2, 0.25) is 0 Å². The number of benzene rings is 1. The molecule has 0 spiro atoms. The molecular formula is C21H33N3O2. The second kappa shape index (κ2) is 8.98. The van der Waals surface area contributed by atoms with E-state index in [1.165, 1.54) is 5.56 Å². The van der Waals surface area contributed by atoms with Gasteiger partial charge in [-0.3, -0.25) is 9.69 Å². The Morgan fingerprint density at radius 2 is 2.04 bits per heavy atom. The summed E-state index contributed by atoms with van der Waals surface area (Å²) in [5.41, 5.74) is 6.99. The number of carbonyl (C=O) groups is 1. The van der Waals surface area contributed by atoms with Gasteiger partial charge in [-0.25, -0.2) is 0 Å². The van der Waals surface area contributed by atoms with Gasteiger partial charge in [0.2, 0.25) is 5.91 Å². The Kier molecular flexibility index (Phi) is 6.68. The monoisotopic (exact) mass is 359 g/mol. The van der Waals surface area contributed by atoms with Gasteiger partial charge in [0.25, 0.3) is 0 Å². The average molecular weight is 360 g/mol. The van der Waals surface area contributed by atoms with Crippen molar-refractivity contribution in [2.45, 2.75) is 32.7 Å². The number of ether oxygens (including phenoxy) is 1. The third-order valence-electron chi connectivity index (χ3n) is 6.06. The van der Waals surface area contributed by atoms with Crippen molar-refractivity contribution in [1.82, 2.24) is 9.80 Å². The molecule has 3 rings (SSSR count). The van der Waals surface area contributed by atoms with Gasteiger partial charge in [0, 0.05) is 45.9 Å². The molecule has 1 aromatic carbocycles. The summed E-state index contributed by atoms with van der Waals surface area (Å²) in [6, 6.07) is 10.6. The molecule has 2 heterocycles. The minimum absolute atomic E-state index is 0.243. The topological polar surface area (TPSA) is 58.8 Å². The highest BCUT2D eigenvalue weighted by molar-refractivity contribution is 5.83. The molecule has 5 heteroatoms. The van der Waals surface area contributed by atoms with Crippen LogP contribution in [-0.2, 0) is 16.1 Å². The van der Waals surface area contributed by atoms with E-state index in [0.29, 0.717) is 25.7 Å². The number of hydrogen-bond donors (Lipinski definition) is 1. The molecule has 26 heavy (non-hydrogen) atoms. The summed E-state index contributed by atoms with van der Waals surface area (Å²) >= 11 is 0. The molecule has 2 N–H and O–H groups in total. The fourth-order valence-corrected chi connectivity index (χ4v) is 4.32. The van der Waals surface area contributed by atoms with E-state index < -0.39 is 5.41 Å². The Hall–Kier alpha value is -1.43. The second-order valence-corrected chi connectivity index (χ2v) is 7.82. The molecule has 0 radical (unpaired) electrons. The van der Waals surface area contributed by atoms with Gasteiger partial charge in [-0.1, -0.05) is 30.3 Å². The number of nitrogens with two attached hydrogens (primary N) is 1. The zero-order chi connectivity index (χ0) is 18.4. The maximum absolute atomic E-state index is 13.2. The first-order valence-electron chi connectivity index (χ1n) is 10.0. The van der Waals surface area contributed by atoms with Gasteiger partial charge in [-0.05, 0) is 44.2 Å². The van der Waals surface area contributed by atoms with Crippen molar-refractivity contribution in [3.8, 4) is 0 Å². The minimum atomic E-state index is -0.406. The van der Waals surface area contributed by atoms with Crippen LogP contribution < -0.4 is 5.73 Å². The van der Waals surface area contributed by atoms with Gasteiger partial charge in [0.05, 0.1) is 5.41 Å². The maximum Gasteiger partial charge on any atom is 0.230 e. The SMILES string of the molecule is CCN(CC1CCN(Cc2ccccc2)C1)C(=O)C1(CN)CCOCC1. The van der Waals surface area contributed by atoms with Crippen molar-refractivity contribution >= 4 is 5.91 Å². The van der Waals surface area contributed by atoms with Gasteiger partial charge >= 0.3 is 0 Å². The molecule has 0 saturated carbocycles. The molecule has 1 amide bonds. The van der Waals surface area contributed by atoms with Gasteiger partial charge in [0.1, 0.15) is 0 Å². The third kappa shape index (κ3) is 4.45. The fraction of sp³-hybridized carbons (Fsp3) is 0.667. The van der Waals surface area contributed by atoms with Crippen LogP contribution >= 0.6 is 0 Å². The molecule has 144 valence electrons. The van der Waals surface area contributed by atoms with E-state index in [-0.39, 0.29) is 5.91 Å². The van der Waals surface area contributed by atoms with Crippen LogP contribution in [0.5, 0.6) is 0 Å². The summed E-state index contributed by atoms with van der Waals surface area (Å²) in [4.78, 5) is 17.8. The van der Waals surface area contributed by atoms with E-state index in [2.05, 4.69) is 47.1 Å². The van der Waals surface area contributed by atoms with Crippen LogP contribution in [0, 0.1) is 11.3 Å². The van der Waals surface area contributed by atoms with Crippen molar-refractivity contribution in [2.75, 3.05) is 45.9 Å². The van der Waals surface area contributed by atoms with Gasteiger partial charge in [0.15, 0.2) is 0 Å². The second-order valence-electron chi connectivity index (χ2n) is 7.82. The minimum Gasteiger partial charge on any atom is -0.381 e. The first kappa shape index (κ1) is 19.3. The number of hydrogen-bond acceptors (Lipinski definition) is 4. The fourth-order valence-electron chi connectivity index (χ4n) is 4.32. The van der Waals surface area contributed by atoms with Gasteiger partial charge < -0.3 is 15.4 Å². The van der Waals surface area contributed by atoms with Crippen molar-refractivity contribution < 1.29 is 9.53 Å². The predicted octanol–water partition coefficient (Wildman–Crippen LogP) is 2.11. The number of amides is 1. The summed E-state index contributed by atoms with van der Waals surface area (Å²) in [6.07, 6.45) is 2.67. The van der Waals surface area contributed by atoms with Gasteiger partial charge in [-0.2, -0.15) is 0 Å². The van der Waals surface area contributed by atoms with Crippen LogP contribution in [0.15, 0.2) is 30.3 Å². The standard InChI is InChI=1S/C21H33N3O2/c1-2-24(20(25)21(17-22)9-12-26-13-10-21)16-19-8-11-23(15-19)14-18-6-4-3-5-7-18/h3-7,19H,2,8-17,22H2,1H3. The smallest absolute Gasteiger partial charge is 0.230 e. The van der Waals surface area contributed by atoms with E-state index >= 15 is 0 Å².